The van der Waals surface area contributed by atoms with Crippen molar-refractivity contribution in [3.63, 3.8) is 0 Å². The standard InChI is InChI=1S/C20H25F3O3/c1-12(2)10-19(25)15-8-7-13(3)9-14(15)11-18(19,20(21,22)23)16(24)26-17(4,5)6/h7-9,25H,1,10-11H2,2-6H3/t18-,19-/m0/s1. The number of carbonyl (C=O) groups is 1. The zero-order chi connectivity index (χ0) is 20.1. The maximum Gasteiger partial charge on any atom is 0.408 e. The van der Waals surface area contributed by atoms with Crippen LogP contribution in [0.5, 0.6) is 0 Å². The molecule has 0 aromatic heterocycles. The molecule has 0 bridgehead atoms. The van der Waals surface area contributed by atoms with Crippen molar-refractivity contribution in [1.29, 1.82) is 0 Å². The number of hydrogen-bond acceptors (Lipinski definition) is 3. The fourth-order valence-corrected chi connectivity index (χ4v) is 3.67. The Bertz CT molecular complexity index is 746. The molecule has 1 N–H and O–H groups in total. The van der Waals surface area contributed by atoms with Gasteiger partial charge in [0.25, 0.3) is 0 Å². The fraction of sp³-hybridized carbons (Fsp3) is 0.550. The SMILES string of the molecule is C=C(C)C[C@]1(O)c2ccc(C)cc2C[C@@]1(C(=O)OC(C)(C)C)C(F)(F)F. The van der Waals surface area contributed by atoms with Crippen LogP contribution in [0.1, 0.15) is 50.8 Å². The second kappa shape index (κ2) is 6.12. The van der Waals surface area contributed by atoms with Crippen molar-refractivity contribution >= 4 is 5.97 Å². The van der Waals surface area contributed by atoms with E-state index >= 15 is 0 Å². The number of alkyl halides is 3. The summed E-state index contributed by atoms with van der Waals surface area (Å²) in [7, 11) is 0. The molecule has 144 valence electrons. The molecule has 0 fully saturated rings. The van der Waals surface area contributed by atoms with Crippen LogP contribution in [0, 0.1) is 12.3 Å². The van der Waals surface area contributed by atoms with Gasteiger partial charge in [0.05, 0.1) is 0 Å². The Morgan fingerprint density at radius 3 is 2.35 bits per heavy atom. The fourth-order valence-electron chi connectivity index (χ4n) is 3.67. The van der Waals surface area contributed by atoms with Crippen molar-refractivity contribution in [1.82, 2.24) is 0 Å². The molecule has 1 aliphatic carbocycles. The van der Waals surface area contributed by atoms with Gasteiger partial charge in [-0.05, 0) is 45.7 Å². The molecule has 1 aromatic rings. The van der Waals surface area contributed by atoms with E-state index in [0.717, 1.165) is 5.56 Å². The van der Waals surface area contributed by atoms with E-state index in [9.17, 15) is 23.1 Å². The van der Waals surface area contributed by atoms with Gasteiger partial charge in [0.2, 0.25) is 0 Å². The first kappa shape index (κ1) is 20.5. The number of ether oxygens (including phenoxy) is 1. The van der Waals surface area contributed by atoms with Crippen LogP contribution < -0.4 is 0 Å². The molecule has 0 heterocycles. The quantitative estimate of drug-likeness (QED) is 0.625. The predicted octanol–water partition coefficient (Wildman–Crippen LogP) is 4.60. The monoisotopic (exact) mass is 370 g/mol. The molecule has 6 heteroatoms. The third-order valence-corrected chi connectivity index (χ3v) is 4.66. The van der Waals surface area contributed by atoms with Gasteiger partial charge in [-0.3, -0.25) is 4.79 Å². The third-order valence-electron chi connectivity index (χ3n) is 4.66. The molecular formula is C20H25F3O3. The summed E-state index contributed by atoms with van der Waals surface area (Å²) in [5.41, 5.74) is -5.16. The normalized spacial score (nSPS) is 25.7. The maximum absolute atomic E-state index is 14.4. The van der Waals surface area contributed by atoms with E-state index in [-0.39, 0.29) is 12.0 Å². The summed E-state index contributed by atoms with van der Waals surface area (Å²) in [4.78, 5) is 12.8. The maximum atomic E-state index is 14.4. The molecule has 0 saturated carbocycles. The highest BCUT2D eigenvalue weighted by Crippen LogP contribution is 2.61. The molecule has 3 nitrogen and oxygen atoms in total. The van der Waals surface area contributed by atoms with Crippen molar-refractivity contribution in [2.75, 3.05) is 0 Å². The first-order valence-corrected chi connectivity index (χ1v) is 8.41. The summed E-state index contributed by atoms with van der Waals surface area (Å²) in [6.07, 6.45) is -6.06. The highest BCUT2D eigenvalue weighted by molar-refractivity contribution is 5.83. The molecule has 0 radical (unpaired) electrons. The second-order valence-corrected chi connectivity index (χ2v) is 8.24. The topological polar surface area (TPSA) is 46.5 Å². The Morgan fingerprint density at radius 2 is 1.88 bits per heavy atom. The van der Waals surface area contributed by atoms with E-state index in [0.29, 0.717) is 11.1 Å². The second-order valence-electron chi connectivity index (χ2n) is 8.24. The lowest BCUT2D eigenvalue weighted by Crippen LogP contribution is -2.59. The smallest absolute Gasteiger partial charge is 0.408 e. The van der Waals surface area contributed by atoms with Crippen molar-refractivity contribution in [3.8, 4) is 0 Å². The van der Waals surface area contributed by atoms with Gasteiger partial charge in [0, 0.05) is 12.8 Å². The summed E-state index contributed by atoms with van der Waals surface area (Å²) < 4.78 is 48.2. The molecule has 0 spiro atoms. The number of aliphatic hydroxyl groups is 1. The number of esters is 1. The Labute approximate surface area is 151 Å². The van der Waals surface area contributed by atoms with Gasteiger partial charge in [-0.25, -0.2) is 0 Å². The molecule has 0 saturated heterocycles. The van der Waals surface area contributed by atoms with Gasteiger partial charge >= 0.3 is 12.1 Å². The zero-order valence-electron chi connectivity index (χ0n) is 15.8. The lowest BCUT2D eigenvalue weighted by molar-refractivity contribution is -0.285. The number of aryl methyl sites for hydroxylation is 1. The number of benzene rings is 1. The van der Waals surface area contributed by atoms with Crippen molar-refractivity contribution in [2.24, 2.45) is 5.41 Å². The third kappa shape index (κ3) is 3.15. The van der Waals surface area contributed by atoms with Crippen molar-refractivity contribution in [2.45, 2.75) is 64.8 Å². The van der Waals surface area contributed by atoms with Gasteiger partial charge in [0.1, 0.15) is 11.2 Å². The van der Waals surface area contributed by atoms with E-state index in [1.807, 2.05) is 0 Å². The molecule has 0 aliphatic heterocycles. The number of fused-ring (bicyclic) bond motifs is 1. The largest absolute Gasteiger partial charge is 0.459 e. The number of carbonyl (C=O) groups excluding carboxylic acids is 1. The van der Waals surface area contributed by atoms with Crippen LogP contribution in [-0.4, -0.2) is 22.9 Å². The molecule has 1 aromatic carbocycles. The molecular weight excluding hydrogens is 345 g/mol. The van der Waals surface area contributed by atoms with Gasteiger partial charge < -0.3 is 9.84 Å². The van der Waals surface area contributed by atoms with Crippen LogP contribution in [0.25, 0.3) is 0 Å². The van der Waals surface area contributed by atoms with Crippen LogP contribution in [-0.2, 0) is 21.6 Å². The summed E-state index contributed by atoms with van der Waals surface area (Å²) >= 11 is 0. The Kier molecular flexibility index (Phi) is 4.82. The number of halogens is 3. The van der Waals surface area contributed by atoms with Gasteiger partial charge in [-0.2, -0.15) is 13.2 Å². The minimum Gasteiger partial charge on any atom is -0.459 e. The van der Waals surface area contributed by atoms with E-state index in [1.165, 1.54) is 33.8 Å². The van der Waals surface area contributed by atoms with Gasteiger partial charge in [-0.1, -0.05) is 29.3 Å². The summed E-state index contributed by atoms with van der Waals surface area (Å²) in [6, 6.07) is 4.67. The first-order chi connectivity index (χ1) is 11.6. The lowest BCUT2D eigenvalue weighted by Gasteiger charge is -2.43. The Hall–Kier alpha value is -1.82. The minimum absolute atomic E-state index is 0.106. The van der Waals surface area contributed by atoms with Crippen LogP contribution in [0.2, 0.25) is 0 Å². The van der Waals surface area contributed by atoms with Crippen LogP contribution >= 0.6 is 0 Å². The summed E-state index contributed by atoms with van der Waals surface area (Å²) in [6.45, 7) is 11.4. The predicted molar refractivity (Wildman–Crippen MR) is 92.5 cm³/mol. The van der Waals surface area contributed by atoms with Crippen molar-refractivity contribution in [3.05, 3.63) is 47.0 Å². The van der Waals surface area contributed by atoms with Crippen molar-refractivity contribution < 1.29 is 27.8 Å². The first-order valence-electron chi connectivity index (χ1n) is 8.41. The van der Waals surface area contributed by atoms with E-state index in [4.69, 9.17) is 4.74 Å². The molecule has 0 amide bonds. The minimum atomic E-state index is -5.01. The molecule has 0 unspecified atom stereocenters. The zero-order valence-corrected chi connectivity index (χ0v) is 15.8. The molecule has 1 aliphatic rings. The van der Waals surface area contributed by atoms with E-state index in [2.05, 4.69) is 6.58 Å². The highest BCUT2D eigenvalue weighted by Gasteiger charge is 2.75. The molecule has 2 rings (SSSR count). The average Bonchev–Trinajstić information content (AvgIpc) is 2.64. The average molecular weight is 370 g/mol. The summed E-state index contributed by atoms with van der Waals surface area (Å²) in [5.74, 6) is -1.46. The van der Waals surface area contributed by atoms with Gasteiger partial charge in [-0.15, -0.1) is 6.58 Å². The van der Waals surface area contributed by atoms with Crippen LogP contribution in [0.15, 0.2) is 30.4 Å². The number of hydrogen-bond donors (Lipinski definition) is 1. The molecule has 2 atom stereocenters. The van der Waals surface area contributed by atoms with Crippen LogP contribution in [0.4, 0.5) is 13.2 Å². The van der Waals surface area contributed by atoms with E-state index < -0.39 is 35.2 Å². The van der Waals surface area contributed by atoms with E-state index in [1.54, 1.807) is 19.1 Å². The Morgan fingerprint density at radius 1 is 1.31 bits per heavy atom. The van der Waals surface area contributed by atoms with Crippen LogP contribution in [0.3, 0.4) is 0 Å². The summed E-state index contributed by atoms with van der Waals surface area (Å²) in [5, 5.41) is 11.3. The molecule has 26 heavy (non-hydrogen) atoms. The highest BCUT2D eigenvalue weighted by atomic mass is 19.4. The Balaban J connectivity index is 2.77. The number of rotatable bonds is 3. The lowest BCUT2D eigenvalue weighted by atomic mass is 9.68. The van der Waals surface area contributed by atoms with Gasteiger partial charge in [0.15, 0.2) is 5.41 Å².